The standard InChI is InChI=1S/C22H24FN5O4/c1-12-10-17(13(2)28(12)16-8-6-15(23)7-9-16)19(30)26-25-18(29)11-27-20(31)22(3,14-4-5-14)24-21(27)32/h6-10,14H,4-5,11H2,1-3H3,(H,24,32)(H,25,29)(H,26,30). The third kappa shape index (κ3) is 3.72. The normalized spacial score (nSPS) is 20.3. The Kier molecular flexibility index (Phi) is 5.23. The molecule has 1 atom stereocenters. The Morgan fingerprint density at radius 1 is 1.16 bits per heavy atom. The molecule has 5 amide bonds. The Labute approximate surface area is 183 Å². The third-order valence-electron chi connectivity index (χ3n) is 6.07. The second-order valence-corrected chi connectivity index (χ2v) is 8.40. The van der Waals surface area contributed by atoms with E-state index in [1.807, 2.05) is 0 Å². The molecule has 32 heavy (non-hydrogen) atoms. The topological polar surface area (TPSA) is 113 Å². The van der Waals surface area contributed by atoms with E-state index in [1.165, 1.54) is 12.1 Å². The molecule has 1 aliphatic heterocycles. The molecular formula is C22H24FN5O4. The SMILES string of the molecule is Cc1cc(C(=O)NNC(=O)CN2C(=O)NC(C)(C3CC3)C2=O)c(C)n1-c1ccc(F)cc1. The van der Waals surface area contributed by atoms with E-state index in [1.54, 1.807) is 43.5 Å². The van der Waals surface area contributed by atoms with Gasteiger partial charge in [0.15, 0.2) is 0 Å². The molecular weight excluding hydrogens is 417 g/mol. The number of carbonyl (C=O) groups is 4. The predicted octanol–water partition coefficient (Wildman–Crippen LogP) is 1.71. The average molecular weight is 441 g/mol. The molecule has 1 aromatic carbocycles. The minimum atomic E-state index is -0.974. The molecule has 1 saturated carbocycles. The summed E-state index contributed by atoms with van der Waals surface area (Å²) < 4.78 is 15.0. The average Bonchev–Trinajstić information content (AvgIpc) is 3.53. The van der Waals surface area contributed by atoms with Crippen LogP contribution in [0, 0.1) is 25.6 Å². The molecule has 1 saturated heterocycles. The lowest BCUT2D eigenvalue weighted by molar-refractivity contribution is -0.135. The number of hydrazine groups is 1. The fourth-order valence-corrected chi connectivity index (χ4v) is 4.15. The lowest BCUT2D eigenvalue weighted by Gasteiger charge is -2.20. The Bertz CT molecular complexity index is 1120. The Morgan fingerprint density at radius 3 is 2.44 bits per heavy atom. The van der Waals surface area contributed by atoms with E-state index < -0.39 is 35.8 Å². The highest BCUT2D eigenvalue weighted by atomic mass is 19.1. The maximum absolute atomic E-state index is 13.2. The zero-order valence-corrected chi connectivity index (χ0v) is 18.0. The molecule has 1 aromatic heterocycles. The summed E-state index contributed by atoms with van der Waals surface area (Å²) in [5, 5.41) is 2.67. The van der Waals surface area contributed by atoms with Crippen molar-refractivity contribution in [1.82, 2.24) is 25.6 Å². The molecule has 4 rings (SSSR count). The van der Waals surface area contributed by atoms with E-state index in [4.69, 9.17) is 0 Å². The number of nitrogens with zero attached hydrogens (tertiary/aromatic N) is 2. The highest BCUT2D eigenvalue weighted by Gasteiger charge is 2.56. The molecule has 2 fully saturated rings. The van der Waals surface area contributed by atoms with Gasteiger partial charge in [0.25, 0.3) is 17.7 Å². The minimum absolute atomic E-state index is 0.0862. The zero-order valence-electron chi connectivity index (χ0n) is 18.0. The Hall–Kier alpha value is -3.69. The summed E-state index contributed by atoms with van der Waals surface area (Å²) in [7, 11) is 0. The van der Waals surface area contributed by atoms with Crippen LogP contribution in [0.1, 0.15) is 41.5 Å². The number of hydrogen-bond acceptors (Lipinski definition) is 4. The van der Waals surface area contributed by atoms with Crippen LogP contribution in [0.15, 0.2) is 30.3 Å². The van der Waals surface area contributed by atoms with Crippen LogP contribution in [0.5, 0.6) is 0 Å². The van der Waals surface area contributed by atoms with Gasteiger partial charge >= 0.3 is 6.03 Å². The van der Waals surface area contributed by atoms with Gasteiger partial charge in [0.2, 0.25) is 0 Å². The molecule has 9 nitrogen and oxygen atoms in total. The van der Waals surface area contributed by atoms with Gasteiger partial charge in [0, 0.05) is 17.1 Å². The molecule has 168 valence electrons. The van der Waals surface area contributed by atoms with Gasteiger partial charge in [0.1, 0.15) is 17.9 Å². The van der Waals surface area contributed by atoms with E-state index in [0.717, 1.165) is 23.4 Å². The summed E-state index contributed by atoms with van der Waals surface area (Å²) >= 11 is 0. The predicted molar refractivity (Wildman–Crippen MR) is 112 cm³/mol. The number of hydrogen-bond donors (Lipinski definition) is 3. The van der Waals surface area contributed by atoms with Crippen molar-refractivity contribution in [2.75, 3.05) is 6.54 Å². The molecule has 10 heteroatoms. The van der Waals surface area contributed by atoms with Gasteiger partial charge < -0.3 is 9.88 Å². The Morgan fingerprint density at radius 2 is 1.81 bits per heavy atom. The summed E-state index contributed by atoms with van der Waals surface area (Å²) in [6, 6.07) is 6.90. The fraction of sp³-hybridized carbons (Fsp3) is 0.364. The zero-order chi connectivity index (χ0) is 23.2. The van der Waals surface area contributed by atoms with Crippen molar-refractivity contribution in [3.63, 3.8) is 0 Å². The van der Waals surface area contributed by atoms with Crippen LogP contribution in [-0.2, 0) is 9.59 Å². The number of aryl methyl sites for hydroxylation is 1. The lowest BCUT2D eigenvalue weighted by Crippen LogP contribution is -2.49. The second-order valence-electron chi connectivity index (χ2n) is 8.40. The molecule has 0 radical (unpaired) electrons. The number of rotatable bonds is 5. The highest BCUT2D eigenvalue weighted by Crippen LogP contribution is 2.42. The molecule has 0 spiro atoms. The summed E-state index contributed by atoms with van der Waals surface area (Å²) in [5.74, 6) is -1.97. The van der Waals surface area contributed by atoms with Crippen molar-refractivity contribution in [2.45, 2.75) is 39.2 Å². The van der Waals surface area contributed by atoms with E-state index in [0.29, 0.717) is 16.9 Å². The summed E-state index contributed by atoms with van der Waals surface area (Å²) in [6.45, 7) is 4.71. The van der Waals surface area contributed by atoms with Crippen LogP contribution < -0.4 is 16.2 Å². The first-order chi connectivity index (χ1) is 15.1. The first kappa shape index (κ1) is 21.5. The Balaban J connectivity index is 1.39. The van der Waals surface area contributed by atoms with Gasteiger partial charge in [-0.25, -0.2) is 9.18 Å². The summed E-state index contributed by atoms with van der Waals surface area (Å²) in [6.07, 6.45) is 1.71. The second kappa shape index (κ2) is 7.77. The fourth-order valence-electron chi connectivity index (χ4n) is 4.15. The number of amides is 5. The third-order valence-corrected chi connectivity index (χ3v) is 6.07. The van der Waals surface area contributed by atoms with Gasteiger partial charge in [-0.05, 0) is 69.9 Å². The maximum atomic E-state index is 13.2. The number of aromatic nitrogens is 1. The largest absolute Gasteiger partial charge is 0.325 e. The van der Waals surface area contributed by atoms with E-state index in [9.17, 15) is 23.6 Å². The number of nitrogens with one attached hydrogen (secondary N) is 3. The lowest BCUT2D eigenvalue weighted by atomic mass is 9.96. The smallest absolute Gasteiger partial charge is 0.323 e. The molecule has 1 aliphatic carbocycles. The maximum Gasteiger partial charge on any atom is 0.325 e. The number of urea groups is 1. The van der Waals surface area contributed by atoms with Gasteiger partial charge in [-0.15, -0.1) is 0 Å². The quantitative estimate of drug-likeness (QED) is 0.484. The van der Waals surface area contributed by atoms with Crippen LogP contribution in [0.2, 0.25) is 0 Å². The van der Waals surface area contributed by atoms with Gasteiger partial charge in [-0.2, -0.15) is 0 Å². The molecule has 0 bridgehead atoms. The van der Waals surface area contributed by atoms with E-state index in [-0.39, 0.29) is 11.7 Å². The molecule has 3 N–H and O–H groups in total. The van der Waals surface area contributed by atoms with Crippen LogP contribution in [0.25, 0.3) is 5.69 Å². The van der Waals surface area contributed by atoms with E-state index >= 15 is 0 Å². The van der Waals surface area contributed by atoms with Crippen LogP contribution in [0.4, 0.5) is 9.18 Å². The van der Waals surface area contributed by atoms with Crippen molar-refractivity contribution in [2.24, 2.45) is 5.92 Å². The van der Waals surface area contributed by atoms with E-state index in [2.05, 4.69) is 16.2 Å². The number of halogens is 1. The first-order valence-electron chi connectivity index (χ1n) is 10.3. The highest BCUT2D eigenvalue weighted by molar-refractivity contribution is 6.09. The summed E-state index contributed by atoms with van der Waals surface area (Å²) in [4.78, 5) is 50.6. The van der Waals surface area contributed by atoms with Crippen LogP contribution >= 0.6 is 0 Å². The van der Waals surface area contributed by atoms with Crippen LogP contribution in [-0.4, -0.2) is 45.3 Å². The van der Waals surface area contributed by atoms with Gasteiger partial charge in [0.05, 0.1) is 5.56 Å². The van der Waals surface area contributed by atoms with Crippen molar-refractivity contribution >= 4 is 23.8 Å². The van der Waals surface area contributed by atoms with Crippen molar-refractivity contribution in [3.05, 3.63) is 53.1 Å². The number of imide groups is 1. The van der Waals surface area contributed by atoms with Crippen molar-refractivity contribution < 1.29 is 23.6 Å². The van der Waals surface area contributed by atoms with Gasteiger partial charge in [-0.3, -0.25) is 30.1 Å². The molecule has 2 heterocycles. The minimum Gasteiger partial charge on any atom is -0.323 e. The van der Waals surface area contributed by atoms with Crippen molar-refractivity contribution in [1.29, 1.82) is 0 Å². The molecule has 2 aliphatic rings. The number of benzene rings is 1. The monoisotopic (exact) mass is 441 g/mol. The van der Waals surface area contributed by atoms with Crippen LogP contribution in [0.3, 0.4) is 0 Å². The van der Waals surface area contributed by atoms with Crippen molar-refractivity contribution in [3.8, 4) is 5.69 Å². The number of carbonyl (C=O) groups excluding carboxylic acids is 4. The first-order valence-corrected chi connectivity index (χ1v) is 10.3. The molecule has 2 aromatic rings. The summed E-state index contributed by atoms with van der Waals surface area (Å²) in [5.41, 5.74) is 5.98. The molecule has 1 unspecified atom stereocenters. The van der Waals surface area contributed by atoms with Gasteiger partial charge in [-0.1, -0.05) is 0 Å².